The number of carbonyl (C=O) groups is 1. The zero-order valence-electron chi connectivity index (χ0n) is 20.2. The number of aromatic nitrogens is 5. The number of benzene rings is 2. The fourth-order valence-electron chi connectivity index (χ4n) is 5.67. The van der Waals surface area contributed by atoms with E-state index in [4.69, 9.17) is 9.84 Å². The first-order chi connectivity index (χ1) is 17.9. The summed E-state index contributed by atoms with van der Waals surface area (Å²) in [6, 6.07) is 6.67. The molecule has 4 aromatic rings. The van der Waals surface area contributed by atoms with Crippen molar-refractivity contribution in [3.05, 3.63) is 77.0 Å². The van der Waals surface area contributed by atoms with Gasteiger partial charge in [0.05, 0.1) is 48.2 Å². The Bertz CT molecular complexity index is 1490. The van der Waals surface area contributed by atoms with Gasteiger partial charge in [-0.2, -0.15) is 20.1 Å². The van der Waals surface area contributed by atoms with Gasteiger partial charge in [-0.3, -0.25) is 9.48 Å². The van der Waals surface area contributed by atoms with Crippen LogP contribution in [0.4, 0.5) is 13.2 Å². The van der Waals surface area contributed by atoms with Gasteiger partial charge in [0.15, 0.2) is 17.5 Å². The number of piperidine rings is 1. The molecule has 2 aliphatic rings. The Hall–Kier alpha value is -4.15. The van der Waals surface area contributed by atoms with E-state index in [1.807, 2.05) is 4.90 Å². The van der Waals surface area contributed by atoms with E-state index in [1.165, 1.54) is 24.3 Å². The number of nitrogens with zero attached hydrogens (tertiary/aromatic N) is 6. The predicted molar refractivity (Wildman–Crippen MR) is 127 cm³/mol. The summed E-state index contributed by atoms with van der Waals surface area (Å²) in [6.45, 7) is 0. The topological polar surface area (TPSA) is 78.1 Å². The number of carbonyl (C=O) groups excluding carboxylic acids is 1. The third-order valence-electron chi connectivity index (χ3n) is 7.24. The lowest BCUT2D eigenvalue weighted by atomic mass is 9.81. The SMILES string of the molecule is COc1ccc(-n2nccn2)c(C(=O)N2C3CCCC2c2nn(C)c(-c4cc(F)c(F)c(F)c4)c2C3)c1. The Morgan fingerprint density at radius 3 is 2.49 bits per heavy atom. The van der Waals surface area contributed by atoms with Gasteiger partial charge in [0.1, 0.15) is 5.75 Å². The van der Waals surface area contributed by atoms with E-state index in [2.05, 4.69) is 10.2 Å². The predicted octanol–water partition coefficient (Wildman–Crippen LogP) is 4.39. The van der Waals surface area contributed by atoms with Crippen molar-refractivity contribution in [2.24, 2.45) is 7.05 Å². The minimum absolute atomic E-state index is 0.151. The number of rotatable bonds is 4. The Morgan fingerprint density at radius 2 is 1.78 bits per heavy atom. The monoisotopic (exact) mass is 508 g/mol. The Morgan fingerprint density at radius 1 is 1.05 bits per heavy atom. The van der Waals surface area contributed by atoms with Crippen molar-refractivity contribution >= 4 is 5.91 Å². The van der Waals surface area contributed by atoms with Crippen molar-refractivity contribution in [2.45, 2.75) is 37.8 Å². The van der Waals surface area contributed by atoms with Gasteiger partial charge in [0.2, 0.25) is 0 Å². The molecule has 2 unspecified atom stereocenters. The van der Waals surface area contributed by atoms with E-state index in [0.29, 0.717) is 41.2 Å². The van der Waals surface area contributed by atoms with Crippen LogP contribution in [-0.2, 0) is 13.5 Å². The van der Waals surface area contributed by atoms with Gasteiger partial charge in [0.25, 0.3) is 5.91 Å². The number of hydrogen-bond acceptors (Lipinski definition) is 5. The third-order valence-corrected chi connectivity index (χ3v) is 7.24. The smallest absolute Gasteiger partial charge is 0.257 e. The molecule has 0 aliphatic carbocycles. The maximum Gasteiger partial charge on any atom is 0.257 e. The Labute approximate surface area is 210 Å². The molecular formula is C26H23F3N6O2. The fourth-order valence-corrected chi connectivity index (χ4v) is 5.67. The summed E-state index contributed by atoms with van der Waals surface area (Å²) >= 11 is 0. The zero-order chi connectivity index (χ0) is 25.8. The van der Waals surface area contributed by atoms with E-state index < -0.39 is 17.5 Å². The van der Waals surface area contributed by atoms with E-state index in [9.17, 15) is 18.0 Å². The summed E-state index contributed by atoms with van der Waals surface area (Å²) in [6.07, 6.45) is 5.91. The molecule has 37 heavy (non-hydrogen) atoms. The van der Waals surface area contributed by atoms with Gasteiger partial charge in [0, 0.05) is 24.2 Å². The van der Waals surface area contributed by atoms with E-state index in [1.54, 1.807) is 29.9 Å². The fraction of sp³-hybridized carbons (Fsp3) is 0.308. The highest BCUT2D eigenvalue weighted by Gasteiger charge is 2.44. The molecule has 2 bridgehead atoms. The number of amides is 1. The molecule has 2 aromatic carbocycles. The highest BCUT2D eigenvalue weighted by molar-refractivity contribution is 5.99. The molecule has 0 spiro atoms. The van der Waals surface area contributed by atoms with Crippen molar-refractivity contribution in [1.82, 2.24) is 29.7 Å². The third kappa shape index (κ3) is 3.68. The van der Waals surface area contributed by atoms with Crippen LogP contribution in [-0.4, -0.2) is 48.7 Å². The maximum atomic E-state index is 14.1. The first kappa shape index (κ1) is 23.3. The lowest BCUT2D eigenvalue weighted by Gasteiger charge is -2.45. The Balaban J connectivity index is 1.45. The summed E-state index contributed by atoms with van der Waals surface area (Å²) < 4.78 is 48.7. The van der Waals surface area contributed by atoms with Gasteiger partial charge in [-0.25, -0.2) is 13.2 Å². The van der Waals surface area contributed by atoms with Gasteiger partial charge in [-0.05, 0) is 56.0 Å². The van der Waals surface area contributed by atoms with Crippen LogP contribution in [0.5, 0.6) is 5.75 Å². The highest BCUT2D eigenvalue weighted by Crippen LogP contribution is 2.45. The van der Waals surface area contributed by atoms with Crippen LogP contribution in [0.2, 0.25) is 0 Å². The molecule has 6 rings (SSSR count). The van der Waals surface area contributed by atoms with E-state index in [-0.39, 0.29) is 23.6 Å². The molecule has 1 saturated heterocycles. The van der Waals surface area contributed by atoms with Crippen LogP contribution < -0.4 is 4.74 Å². The zero-order valence-corrected chi connectivity index (χ0v) is 20.2. The summed E-state index contributed by atoms with van der Waals surface area (Å²) in [5, 5.41) is 13.1. The number of halogens is 3. The molecule has 0 saturated carbocycles. The normalized spacial score (nSPS) is 18.6. The van der Waals surface area contributed by atoms with Gasteiger partial charge in [-0.15, -0.1) is 0 Å². The van der Waals surface area contributed by atoms with Crippen LogP contribution in [0, 0.1) is 17.5 Å². The van der Waals surface area contributed by atoms with Crippen LogP contribution >= 0.6 is 0 Å². The molecule has 2 aliphatic heterocycles. The minimum atomic E-state index is -1.51. The molecule has 1 amide bonds. The van der Waals surface area contributed by atoms with Crippen molar-refractivity contribution in [2.75, 3.05) is 7.11 Å². The first-order valence-corrected chi connectivity index (χ1v) is 12.0. The molecule has 4 heterocycles. The average Bonchev–Trinajstić information content (AvgIpc) is 3.54. The second kappa shape index (κ2) is 8.75. The van der Waals surface area contributed by atoms with Crippen molar-refractivity contribution in [3.8, 4) is 22.7 Å². The number of methoxy groups -OCH3 is 1. The quantitative estimate of drug-likeness (QED) is 0.382. The molecule has 190 valence electrons. The Kier molecular flexibility index (Phi) is 5.50. The molecule has 0 N–H and O–H groups in total. The van der Waals surface area contributed by atoms with Gasteiger partial charge in [-0.1, -0.05) is 0 Å². The highest BCUT2D eigenvalue weighted by atomic mass is 19.2. The molecule has 8 nitrogen and oxygen atoms in total. The first-order valence-electron chi connectivity index (χ1n) is 12.0. The van der Waals surface area contributed by atoms with Crippen molar-refractivity contribution in [3.63, 3.8) is 0 Å². The number of aryl methyl sites for hydroxylation is 1. The standard InChI is InChI=1S/C26H23F3N6O2/c1-33-25(14-10-19(27)23(29)20(28)11-14)18-12-15-4-3-5-22(24(18)32-33)34(15)26(36)17-13-16(37-2)6-7-21(17)35-30-8-9-31-35/h6-11,13,15,22H,3-5,12H2,1-2H3. The molecule has 0 radical (unpaired) electrons. The lowest BCUT2D eigenvalue weighted by molar-refractivity contribution is 0.0391. The number of hydrogen-bond donors (Lipinski definition) is 0. The summed E-state index contributed by atoms with van der Waals surface area (Å²) in [7, 11) is 3.22. The lowest BCUT2D eigenvalue weighted by Crippen LogP contribution is -2.50. The van der Waals surface area contributed by atoms with Crippen LogP contribution in [0.15, 0.2) is 42.7 Å². The van der Waals surface area contributed by atoms with Crippen molar-refractivity contribution < 1.29 is 22.7 Å². The van der Waals surface area contributed by atoms with Crippen LogP contribution in [0.1, 0.15) is 46.9 Å². The minimum Gasteiger partial charge on any atom is -0.497 e. The van der Waals surface area contributed by atoms with Crippen LogP contribution in [0.25, 0.3) is 16.9 Å². The summed E-state index contributed by atoms with van der Waals surface area (Å²) in [5.41, 5.74) is 3.18. The molecular weight excluding hydrogens is 485 g/mol. The van der Waals surface area contributed by atoms with E-state index in [0.717, 1.165) is 30.5 Å². The summed E-state index contributed by atoms with van der Waals surface area (Å²) in [5.74, 6) is -3.68. The van der Waals surface area contributed by atoms with Gasteiger partial charge < -0.3 is 9.64 Å². The van der Waals surface area contributed by atoms with Crippen molar-refractivity contribution in [1.29, 1.82) is 0 Å². The second-order valence-corrected chi connectivity index (χ2v) is 9.31. The summed E-state index contributed by atoms with van der Waals surface area (Å²) in [4.78, 5) is 17.4. The average molecular weight is 509 g/mol. The van der Waals surface area contributed by atoms with Gasteiger partial charge >= 0.3 is 0 Å². The second-order valence-electron chi connectivity index (χ2n) is 9.31. The maximum absolute atomic E-state index is 14.1. The number of ether oxygens (including phenoxy) is 1. The molecule has 1 fully saturated rings. The number of fused-ring (bicyclic) bond motifs is 4. The molecule has 2 atom stereocenters. The van der Waals surface area contributed by atoms with Crippen LogP contribution in [0.3, 0.4) is 0 Å². The largest absolute Gasteiger partial charge is 0.497 e. The molecule has 2 aromatic heterocycles. The van der Waals surface area contributed by atoms with E-state index >= 15 is 0 Å². The molecule has 11 heteroatoms.